The normalized spacial score (nSPS) is 9.44. The molecule has 0 saturated heterocycles. The lowest BCUT2D eigenvalue weighted by Gasteiger charge is -1.68. The Morgan fingerprint density at radius 3 is 2.67 bits per heavy atom. The Kier molecular flexibility index (Phi) is 1.18. The Morgan fingerprint density at radius 2 is 2.44 bits per heavy atom. The fourth-order valence-electron chi connectivity index (χ4n) is 0.475. The van der Waals surface area contributed by atoms with E-state index < -0.39 is 5.63 Å². The van der Waals surface area contributed by atoms with Gasteiger partial charge in [0.2, 0.25) is 6.29 Å². The van der Waals surface area contributed by atoms with E-state index in [1.165, 1.54) is 11.7 Å². The number of hydrogen-bond donors (Lipinski definition) is 1. The first-order chi connectivity index (χ1) is 4.25. The molecule has 9 heavy (non-hydrogen) atoms. The quantitative estimate of drug-likeness (QED) is 0.374. The van der Waals surface area contributed by atoms with Crippen molar-refractivity contribution >= 4 is 6.29 Å². The molecule has 0 aromatic carbocycles. The third-order valence-corrected chi connectivity index (χ3v) is 0.957. The van der Waals surface area contributed by atoms with Crippen LogP contribution in [0.15, 0.2) is 9.32 Å². The van der Waals surface area contributed by atoms with Gasteiger partial charge in [-0.1, -0.05) is 4.68 Å². The van der Waals surface area contributed by atoms with Crippen LogP contribution in [0.5, 0.6) is 0 Å². The zero-order valence-corrected chi connectivity index (χ0v) is 4.75. The van der Waals surface area contributed by atoms with Gasteiger partial charge in [0.15, 0.2) is 7.05 Å². The Morgan fingerprint density at radius 1 is 1.78 bits per heavy atom. The van der Waals surface area contributed by atoms with Gasteiger partial charge in [0.1, 0.15) is 0 Å². The molecular weight excluding hydrogens is 124 g/mol. The van der Waals surface area contributed by atoms with Gasteiger partial charge in [-0.2, -0.15) is 0 Å². The first kappa shape index (κ1) is 5.74. The average Bonchev–Trinajstić information content (AvgIpc) is 2.12. The molecule has 48 valence electrons. The first-order valence-corrected chi connectivity index (χ1v) is 2.28. The number of rotatable bonds is 1. The zero-order valence-electron chi connectivity index (χ0n) is 4.75. The monoisotopic (exact) mass is 129 g/mol. The highest BCUT2D eigenvalue weighted by atomic mass is 16.5. The van der Waals surface area contributed by atoms with E-state index >= 15 is 0 Å². The summed E-state index contributed by atoms with van der Waals surface area (Å²) < 4.78 is 5.44. The predicted molar refractivity (Wildman–Crippen MR) is 25.9 cm³/mol. The van der Waals surface area contributed by atoms with Gasteiger partial charge in [-0.15, -0.1) is 0 Å². The predicted octanol–water partition coefficient (Wildman–Crippen LogP) is -1.40. The van der Waals surface area contributed by atoms with Crippen LogP contribution in [0.4, 0.5) is 0 Å². The van der Waals surface area contributed by atoms with Gasteiger partial charge in [0.05, 0.1) is 0 Å². The van der Waals surface area contributed by atoms with Crippen LogP contribution in [0.3, 0.4) is 0 Å². The van der Waals surface area contributed by atoms with Gasteiger partial charge >= 0.3 is 11.3 Å². The molecule has 0 radical (unpaired) electrons. The number of nitrogens with zero attached hydrogens (tertiary/aromatic N) is 1. The minimum Gasteiger partial charge on any atom is -0.291 e. The van der Waals surface area contributed by atoms with E-state index in [9.17, 15) is 9.59 Å². The van der Waals surface area contributed by atoms with Crippen LogP contribution in [-0.2, 0) is 7.05 Å². The smallest absolute Gasteiger partial charge is 0.291 e. The SMILES string of the molecule is C[n+]1[nH]oc(=O)c1C=O. The summed E-state index contributed by atoms with van der Waals surface area (Å²) in [6, 6.07) is 0. The Bertz CT molecular complexity index is 272. The summed E-state index contributed by atoms with van der Waals surface area (Å²) in [5, 5.41) is 2.19. The molecule has 0 aliphatic rings. The standard InChI is InChI=1S/C4H4N2O3/c1-6-3(2-7)4(8)9-5-6/h2H,1H3/p+1. The Labute approximate surface area is 49.8 Å². The third-order valence-electron chi connectivity index (χ3n) is 0.957. The van der Waals surface area contributed by atoms with Gasteiger partial charge in [0, 0.05) is 0 Å². The van der Waals surface area contributed by atoms with E-state index in [0.29, 0.717) is 6.29 Å². The van der Waals surface area contributed by atoms with E-state index in [1.54, 1.807) is 0 Å². The second kappa shape index (κ2) is 1.85. The molecule has 0 bridgehead atoms. The molecule has 0 unspecified atom stereocenters. The van der Waals surface area contributed by atoms with Crippen molar-refractivity contribution in [2.24, 2.45) is 7.05 Å². The molecule has 5 heteroatoms. The zero-order chi connectivity index (χ0) is 6.85. The molecule has 0 amide bonds. The van der Waals surface area contributed by atoms with E-state index in [1.807, 2.05) is 0 Å². The number of aryl methyl sites for hydroxylation is 1. The molecule has 1 aromatic heterocycles. The summed E-state index contributed by atoms with van der Waals surface area (Å²) in [5.41, 5.74) is -0.664. The van der Waals surface area contributed by atoms with Crippen molar-refractivity contribution < 1.29 is 14.0 Å². The van der Waals surface area contributed by atoms with Crippen molar-refractivity contribution in [3.8, 4) is 0 Å². The van der Waals surface area contributed by atoms with Crippen LogP contribution < -0.4 is 10.3 Å². The molecule has 0 aliphatic carbocycles. The lowest BCUT2D eigenvalue weighted by atomic mass is 10.5. The van der Waals surface area contributed by atoms with Gasteiger partial charge in [-0.25, -0.2) is 4.79 Å². The molecule has 0 saturated carbocycles. The lowest BCUT2D eigenvalue weighted by molar-refractivity contribution is -0.740. The third kappa shape index (κ3) is 0.758. The van der Waals surface area contributed by atoms with Crippen LogP contribution in [-0.4, -0.2) is 11.6 Å². The van der Waals surface area contributed by atoms with Crippen LogP contribution >= 0.6 is 0 Å². The number of H-pyrrole nitrogens is 1. The van der Waals surface area contributed by atoms with Crippen LogP contribution in [0, 0.1) is 0 Å². The molecule has 0 aliphatic heterocycles. The largest absolute Gasteiger partial charge is 0.438 e. The molecule has 1 rings (SSSR count). The first-order valence-electron chi connectivity index (χ1n) is 2.28. The van der Waals surface area contributed by atoms with Crippen LogP contribution in [0.1, 0.15) is 10.5 Å². The number of nitrogens with one attached hydrogen (secondary N) is 1. The highest BCUT2D eigenvalue weighted by molar-refractivity contribution is 5.68. The minimum atomic E-state index is -0.646. The van der Waals surface area contributed by atoms with Crippen molar-refractivity contribution in [1.82, 2.24) is 5.27 Å². The molecule has 5 nitrogen and oxygen atoms in total. The molecule has 0 atom stereocenters. The van der Waals surface area contributed by atoms with Crippen molar-refractivity contribution in [2.45, 2.75) is 0 Å². The second-order valence-electron chi connectivity index (χ2n) is 1.54. The highest BCUT2D eigenvalue weighted by Gasteiger charge is 2.13. The number of aromatic amines is 1. The summed E-state index contributed by atoms with van der Waals surface area (Å²) >= 11 is 0. The lowest BCUT2D eigenvalue weighted by Crippen LogP contribution is -2.36. The number of aromatic nitrogens is 2. The molecule has 1 heterocycles. The molecule has 1 aromatic rings. The maximum atomic E-state index is 10.4. The van der Waals surface area contributed by atoms with Gasteiger partial charge in [-0.05, 0) is 5.27 Å². The van der Waals surface area contributed by atoms with E-state index in [-0.39, 0.29) is 5.69 Å². The molecule has 1 N–H and O–H groups in total. The average molecular weight is 129 g/mol. The number of carbonyl (C=O) groups is 1. The highest BCUT2D eigenvalue weighted by Crippen LogP contribution is 1.67. The molecule has 0 fully saturated rings. The topological polar surface area (TPSA) is 67.0 Å². The molecule has 0 spiro atoms. The van der Waals surface area contributed by atoms with Crippen molar-refractivity contribution in [2.75, 3.05) is 0 Å². The fourth-order valence-corrected chi connectivity index (χ4v) is 0.475. The number of carbonyl (C=O) groups excluding carboxylic acids is 1. The van der Waals surface area contributed by atoms with Crippen LogP contribution in [0.25, 0.3) is 0 Å². The van der Waals surface area contributed by atoms with Gasteiger partial charge in [-0.3, -0.25) is 9.32 Å². The van der Waals surface area contributed by atoms with Crippen LogP contribution in [0.2, 0.25) is 0 Å². The summed E-state index contributed by atoms with van der Waals surface area (Å²) in [4.78, 5) is 20.4. The maximum absolute atomic E-state index is 10.4. The van der Waals surface area contributed by atoms with Crippen molar-refractivity contribution in [3.05, 3.63) is 16.1 Å². The second-order valence-corrected chi connectivity index (χ2v) is 1.54. The summed E-state index contributed by atoms with van der Waals surface area (Å²) in [6.07, 6.45) is 0.433. The summed E-state index contributed by atoms with van der Waals surface area (Å²) in [5.74, 6) is 0. The Hall–Kier alpha value is -1.39. The molecular formula is C4H5N2O3+. The van der Waals surface area contributed by atoms with Gasteiger partial charge in [0.25, 0.3) is 0 Å². The Balaban J connectivity index is 3.40. The number of hydrogen-bond acceptors (Lipinski definition) is 3. The van der Waals surface area contributed by atoms with Crippen molar-refractivity contribution in [3.63, 3.8) is 0 Å². The number of aldehydes is 1. The van der Waals surface area contributed by atoms with Gasteiger partial charge < -0.3 is 0 Å². The van der Waals surface area contributed by atoms with Crippen molar-refractivity contribution in [1.29, 1.82) is 0 Å². The summed E-state index contributed by atoms with van der Waals surface area (Å²) in [7, 11) is 1.51. The summed E-state index contributed by atoms with van der Waals surface area (Å²) in [6.45, 7) is 0. The fraction of sp³-hybridized carbons (Fsp3) is 0.250. The maximum Gasteiger partial charge on any atom is 0.438 e. The van der Waals surface area contributed by atoms with E-state index in [0.717, 1.165) is 0 Å². The van der Waals surface area contributed by atoms with E-state index in [4.69, 9.17) is 0 Å². The minimum absolute atomic E-state index is 0.0185. The van der Waals surface area contributed by atoms with E-state index in [2.05, 4.69) is 9.79 Å².